The Morgan fingerprint density at radius 2 is 1.65 bits per heavy atom. The molecule has 3 aromatic rings. The van der Waals surface area contributed by atoms with Gasteiger partial charge in [0.2, 0.25) is 0 Å². The Labute approximate surface area is 181 Å². The van der Waals surface area contributed by atoms with Crippen molar-refractivity contribution in [1.82, 2.24) is 5.32 Å². The van der Waals surface area contributed by atoms with Crippen LogP contribution in [0.15, 0.2) is 77.7 Å². The molecule has 0 saturated heterocycles. The molecule has 0 heterocycles. The summed E-state index contributed by atoms with van der Waals surface area (Å²) in [5.74, 6) is -0.334. The standard InChI is InChI=1S/C23H23FN2O4S/c1-16-5-3-4-6-22(16)26-31(28,29)21-13-11-20(12-14-21)30-15-23(27)25-17(2)18-7-9-19(24)10-8-18/h3-14,17,26H,15H2,1-2H3,(H,25,27)/t17-/m0/s1. The highest BCUT2D eigenvalue weighted by atomic mass is 32.2. The number of carbonyl (C=O) groups is 1. The molecule has 8 heteroatoms. The van der Waals surface area contributed by atoms with E-state index in [9.17, 15) is 17.6 Å². The minimum absolute atomic E-state index is 0.0810. The van der Waals surface area contributed by atoms with Gasteiger partial charge in [-0.3, -0.25) is 9.52 Å². The van der Waals surface area contributed by atoms with Crippen LogP contribution in [-0.4, -0.2) is 20.9 Å². The van der Waals surface area contributed by atoms with Gasteiger partial charge in [0.1, 0.15) is 11.6 Å². The van der Waals surface area contributed by atoms with E-state index in [2.05, 4.69) is 10.0 Å². The zero-order chi connectivity index (χ0) is 22.4. The van der Waals surface area contributed by atoms with Gasteiger partial charge in [-0.15, -0.1) is 0 Å². The smallest absolute Gasteiger partial charge is 0.261 e. The van der Waals surface area contributed by atoms with E-state index in [1.807, 2.05) is 19.1 Å². The van der Waals surface area contributed by atoms with Crippen molar-refractivity contribution in [3.63, 3.8) is 0 Å². The summed E-state index contributed by atoms with van der Waals surface area (Å²) in [5.41, 5.74) is 2.09. The summed E-state index contributed by atoms with van der Waals surface area (Å²) in [4.78, 5) is 12.2. The van der Waals surface area contributed by atoms with Gasteiger partial charge in [0, 0.05) is 0 Å². The molecule has 2 N–H and O–H groups in total. The Hall–Kier alpha value is -3.39. The average Bonchev–Trinajstić information content (AvgIpc) is 2.74. The van der Waals surface area contributed by atoms with Crippen molar-refractivity contribution in [1.29, 1.82) is 0 Å². The van der Waals surface area contributed by atoms with Gasteiger partial charge in [-0.2, -0.15) is 0 Å². The van der Waals surface area contributed by atoms with E-state index in [0.717, 1.165) is 11.1 Å². The third-order valence-electron chi connectivity index (χ3n) is 4.64. The maximum absolute atomic E-state index is 13.0. The molecule has 0 bridgehead atoms. The number of hydrogen-bond acceptors (Lipinski definition) is 4. The number of ether oxygens (including phenoxy) is 1. The van der Waals surface area contributed by atoms with Crippen LogP contribution in [0, 0.1) is 12.7 Å². The van der Waals surface area contributed by atoms with Crippen LogP contribution in [0.4, 0.5) is 10.1 Å². The number of anilines is 1. The number of sulfonamides is 1. The molecule has 31 heavy (non-hydrogen) atoms. The molecule has 0 fully saturated rings. The number of hydrogen-bond donors (Lipinski definition) is 2. The predicted molar refractivity (Wildman–Crippen MR) is 117 cm³/mol. The van der Waals surface area contributed by atoms with E-state index in [-0.39, 0.29) is 29.3 Å². The van der Waals surface area contributed by atoms with Crippen LogP contribution in [0.25, 0.3) is 0 Å². The minimum atomic E-state index is -3.75. The lowest BCUT2D eigenvalue weighted by Gasteiger charge is -2.15. The number of carbonyl (C=O) groups excluding carboxylic acids is 1. The number of aryl methyl sites for hydroxylation is 1. The molecule has 0 saturated carbocycles. The lowest BCUT2D eigenvalue weighted by molar-refractivity contribution is -0.123. The lowest BCUT2D eigenvalue weighted by atomic mass is 10.1. The van der Waals surface area contributed by atoms with Crippen molar-refractivity contribution in [2.75, 3.05) is 11.3 Å². The molecule has 6 nitrogen and oxygen atoms in total. The fourth-order valence-electron chi connectivity index (χ4n) is 2.87. The van der Waals surface area contributed by atoms with Crippen molar-refractivity contribution < 1.29 is 22.3 Å². The molecule has 162 valence electrons. The van der Waals surface area contributed by atoms with Gasteiger partial charge in [0.15, 0.2) is 6.61 Å². The first-order valence-electron chi connectivity index (χ1n) is 9.61. The van der Waals surface area contributed by atoms with Crippen LogP contribution in [0.3, 0.4) is 0 Å². The normalized spacial score (nSPS) is 12.1. The zero-order valence-electron chi connectivity index (χ0n) is 17.1. The van der Waals surface area contributed by atoms with Gasteiger partial charge >= 0.3 is 0 Å². The molecule has 0 aromatic heterocycles. The monoisotopic (exact) mass is 442 g/mol. The highest BCUT2D eigenvalue weighted by molar-refractivity contribution is 7.92. The van der Waals surface area contributed by atoms with Gasteiger partial charge in [-0.25, -0.2) is 12.8 Å². The SMILES string of the molecule is Cc1ccccc1NS(=O)(=O)c1ccc(OCC(=O)N[C@@H](C)c2ccc(F)cc2)cc1. The van der Waals surface area contributed by atoms with Gasteiger partial charge in [-0.1, -0.05) is 30.3 Å². The highest BCUT2D eigenvalue weighted by Crippen LogP contribution is 2.21. The second-order valence-electron chi connectivity index (χ2n) is 7.02. The molecule has 3 rings (SSSR count). The van der Waals surface area contributed by atoms with Crippen LogP contribution in [0.2, 0.25) is 0 Å². The Morgan fingerprint density at radius 3 is 2.29 bits per heavy atom. The first kappa shape index (κ1) is 22.3. The van der Waals surface area contributed by atoms with Crippen LogP contribution in [-0.2, 0) is 14.8 Å². The number of benzene rings is 3. The number of rotatable bonds is 8. The molecule has 1 atom stereocenters. The topological polar surface area (TPSA) is 84.5 Å². The highest BCUT2D eigenvalue weighted by Gasteiger charge is 2.16. The zero-order valence-corrected chi connectivity index (χ0v) is 17.9. The quantitative estimate of drug-likeness (QED) is 0.548. The molecular weight excluding hydrogens is 419 g/mol. The molecule has 0 aliphatic rings. The summed E-state index contributed by atoms with van der Waals surface area (Å²) in [6.45, 7) is 3.36. The molecule has 1 amide bonds. The second kappa shape index (κ2) is 9.61. The first-order chi connectivity index (χ1) is 14.7. The van der Waals surface area contributed by atoms with Gasteiger partial charge < -0.3 is 10.1 Å². The molecule has 0 aliphatic carbocycles. The Bertz CT molecular complexity index is 1150. The molecule has 0 aliphatic heterocycles. The maximum atomic E-state index is 13.0. The second-order valence-corrected chi connectivity index (χ2v) is 8.70. The van der Waals surface area contributed by atoms with E-state index in [0.29, 0.717) is 11.4 Å². The average molecular weight is 443 g/mol. The van der Waals surface area contributed by atoms with Crippen LogP contribution in [0.5, 0.6) is 5.75 Å². The van der Waals surface area contributed by atoms with E-state index in [1.165, 1.54) is 36.4 Å². The minimum Gasteiger partial charge on any atom is -0.484 e. The Morgan fingerprint density at radius 1 is 1.00 bits per heavy atom. The van der Waals surface area contributed by atoms with Crippen LogP contribution >= 0.6 is 0 Å². The van der Waals surface area contributed by atoms with E-state index in [1.54, 1.807) is 31.2 Å². The summed E-state index contributed by atoms with van der Waals surface area (Å²) >= 11 is 0. The fraction of sp³-hybridized carbons (Fsp3) is 0.174. The molecular formula is C23H23FN2O4S. The summed E-state index contributed by atoms with van der Waals surface area (Å²) in [5, 5.41) is 2.76. The molecule has 0 unspecified atom stereocenters. The van der Waals surface area contributed by atoms with Gasteiger partial charge in [0.25, 0.3) is 15.9 Å². The van der Waals surface area contributed by atoms with Crippen molar-refractivity contribution in [2.24, 2.45) is 0 Å². The Kier molecular flexibility index (Phi) is 6.91. The number of halogens is 1. The first-order valence-corrected chi connectivity index (χ1v) is 11.1. The lowest BCUT2D eigenvalue weighted by Crippen LogP contribution is -2.31. The third-order valence-corrected chi connectivity index (χ3v) is 6.02. The fourth-order valence-corrected chi connectivity index (χ4v) is 4.00. The molecule has 0 radical (unpaired) electrons. The molecule has 3 aromatic carbocycles. The maximum Gasteiger partial charge on any atom is 0.261 e. The van der Waals surface area contributed by atoms with E-state index in [4.69, 9.17) is 4.74 Å². The van der Waals surface area contributed by atoms with Crippen molar-refractivity contribution in [3.8, 4) is 5.75 Å². The van der Waals surface area contributed by atoms with Crippen molar-refractivity contribution in [3.05, 3.63) is 89.7 Å². The summed E-state index contributed by atoms with van der Waals surface area (Å²) < 4.78 is 46.1. The van der Waals surface area contributed by atoms with Crippen LogP contribution in [0.1, 0.15) is 24.1 Å². The summed E-state index contributed by atoms with van der Waals surface area (Å²) in [7, 11) is -3.75. The van der Waals surface area contributed by atoms with Crippen molar-refractivity contribution >= 4 is 21.6 Å². The summed E-state index contributed by atoms with van der Waals surface area (Å²) in [6.07, 6.45) is 0. The largest absolute Gasteiger partial charge is 0.484 e. The van der Waals surface area contributed by atoms with Crippen LogP contribution < -0.4 is 14.8 Å². The third kappa shape index (κ3) is 6.05. The predicted octanol–water partition coefficient (Wildman–Crippen LogP) is 4.19. The molecule has 0 spiro atoms. The Balaban J connectivity index is 1.56. The number of para-hydroxylation sites is 1. The van der Waals surface area contributed by atoms with Gasteiger partial charge in [-0.05, 0) is 67.4 Å². The number of amides is 1. The van der Waals surface area contributed by atoms with E-state index < -0.39 is 10.0 Å². The summed E-state index contributed by atoms with van der Waals surface area (Å²) in [6, 6.07) is 18.5. The van der Waals surface area contributed by atoms with Gasteiger partial charge in [0.05, 0.1) is 16.6 Å². The van der Waals surface area contributed by atoms with Crippen molar-refractivity contribution in [2.45, 2.75) is 24.8 Å². The number of nitrogens with one attached hydrogen (secondary N) is 2. The van der Waals surface area contributed by atoms with E-state index >= 15 is 0 Å².